The lowest BCUT2D eigenvalue weighted by atomic mass is 10.4. The van der Waals surface area contributed by atoms with Crippen LogP contribution < -0.4 is 0 Å². The predicted molar refractivity (Wildman–Crippen MR) is 55.5 cm³/mol. The van der Waals surface area contributed by atoms with E-state index in [9.17, 15) is 8.42 Å². The Morgan fingerprint density at radius 2 is 2.00 bits per heavy atom. The summed E-state index contributed by atoms with van der Waals surface area (Å²) >= 11 is 0. The van der Waals surface area contributed by atoms with Gasteiger partial charge in [0.1, 0.15) is 0 Å². The van der Waals surface area contributed by atoms with E-state index < -0.39 is 10.0 Å². The van der Waals surface area contributed by atoms with Gasteiger partial charge in [-0.25, -0.2) is 8.42 Å². The summed E-state index contributed by atoms with van der Waals surface area (Å²) in [5, 5.41) is 8.57. The monoisotopic (exact) mass is 221 g/mol. The van der Waals surface area contributed by atoms with Crippen LogP contribution in [0, 0.1) is 0 Å². The Hall–Kier alpha value is -0.130. The SMILES string of the molecule is CCN(C1CC1)S(=O)(=O)CCCCO. The minimum atomic E-state index is -3.06. The largest absolute Gasteiger partial charge is 0.396 e. The van der Waals surface area contributed by atoms with Crippen molar-refractivity contribution in [1.82, 2.24) is 4.31 Å². The van der Waals surface area contributed by atoms with Crippen LogP contribution in [0.15, 0.2) is 0 Å². The molecular weight excluding hydrogens is 202 g/mol. The first-order valence-electron chi connectivity index (χ1n) is 5.22. The number of unbranched alkanes of at least 4 members (excludes halogenated alkanes) is 1. The van der Waals surface area contributed by atoms with Gasteiger partial charge in [0.25, 0.3) is 0 Å². The first kappa shape index (κ1) is 11.9. The molecule has 1 N–H and O–H groups in total. The van der Waals surface area contributed by atoms with E-state index in [-0.39, 0.29) is 18.4 Å². The standard InChI is InChI=1S/C9H19NO3S/c1-2-10(9-5-6-9)14(12,13)8-4-3-7-11/h9,11H,2-8H2,1H3. The van der Waals surface area contributed by atoms with Crippen LogP contribution >= 0.6 is 0 Å². The zero-order chi connectivity index (χ0) is 10.6. The van der Waals surface area contributed by atoms with Crippen molar-refractivity contribution in [3.05, 3.63) is 0 Å². The first-order valence-corrected chi connectivity index (χ1v) is 6.83. The van der Waals surface area contributed by atoms with Gasteiger partial charge in [-0.15, -0.1) is 0 Å². The van der Waals surface area contributed by atoms with E-state index in [0.29, 0.717) is 19.4 Å². The molecule has 1 aliphatic rings. The van der Waals surface area contributed by atoms with E-state index in [2.05, 4.69) is 0 Å². The second kappa shape index (κ2) is 5.09. The van der Waals surface area contributed by atoms with Crippen LogP contribution in [-0.2, 0) is 10.0 Å². The lowest BCUT2D eigenvalue weighted by Gasteiger charge is -2.19. The van der Waals surface area contributed by atoms with Gasteiger partial charge in [-0.3, -0.25) is 0 Å². The Morgan fingerprint density at radius 1 is 1.36 bits per heavy atom. The summed E-state index contributed by atoms with van der Waals surface area (Å²) < 4.78 is 25.1. The maximum absolute atomic E-state index is 11.8. The highest BCUT2D eigenvalue weighted by molar-refractivity contribution is 7.89. The number of aliphatic hydroxyl groups is 1. The maximum Gasteiger partial charge on any atom is 0.214 e. The van der Waals surface area contributed by atoms with E-state index in [0.717, 1.165) is 12.8 Å². The van der Waals surface area contributed by atoms with E-state index in [1.807, 2.05) is 6.92 Å². The summed E-state index contributed by atoms with van der Waals surface area (Å²) in [7, 11) is -3.06. The molecular formula is C9H19NO3S. The summed E-state index contributed by atoms with van der Waals surface area (Å²) in [6.07, 6.45) is 3.14. The third-order valence-electron chi connectivity index (χ3n) is 2.43. The smallest absolute Gasteiger partial charge is 0.214 e. The van der Waals surface area contributed by atoms with E-state index in [4.69, 9.17) is 5.11 Å². The summed E-state index contributed by atoms with van der Waals surface area (Å²) in [6, 6.07) is 0.263. The number of rotatable bonds is 7. The van der Waals surface area contributed by atoms with Gasteiger partial charge >= 0.3 is 0 Å². The predicted octanol–water partition coefficient (Wildman–Crippen LogP) is 0.573. The molecule has 0 unspecified atom stereocenters. The van der Waals surface area contributed by atoms with Gasteiger partial charge in [0.05, 0.1) is 5.75 Å². The van der Waals surface area contributed by atoms with Crippen LogP contribution in [0.4, 0.5) is 0 Å². The zero-order valence-electron chi connectivity index (χ0n) is 8.65. The van der Waals surface area contributed by atoms with Gasteiger partial charge in [-0.05, 0) is 25.7 Å². The van der Waals surface area contributed by atoms with Gasteiger partial charge in [0.2, 0.25) is 10.0 Å². The van der Waals surface area contributed by atoms with Crippen LogP contribution in [-0.4, -0.2) is 42.8 Å². The number of nitrogens with zero attached hydrogens (tertiary/aromatic N) is 1. The molecule has 14 heavy (non-hydrogen) atoms. The molecule has 1 fully saturated rings. The number of hydrogen-bond donors (Lipinski definition) is 1. The zero-order valence-corrected chi connectivity index (χ0v) is 9.46. The fourth-order valence-corrected chi connectivity index (χ4v) is 3.42. The molecule has 1 saturated carbocycles. The summed E-state index contributed by atoms with van der Waals surface area (Å²) in [6.45, 7) is 2.53. The Labute approximate surface area is 86.0 Å². The van der Waals surface area contributed by atoms with Crippen LogP contribution in [0.3, 0.4) is 0 Å². The Bertz CT molecular complexity index is 259. The minimum absolute atomic E-state index is 0.0745. The molecule has 0 amide bonds. The van der Waals surface area contributed by atoms with Gasteiger partial charge < -0.3 is 5.11 Å². The average molecular weight is 221 g/mol. The van der Waals surface area contributed by atoms with Crippen molar-refractivity contribution < 1.29 is 13.5 Å². The Kier molecular flexibility index (Phi) is 4.34. The highest BCUT2D eigenvalue weighted by atomic mass is 32.2. The van der Waals surface area contributed by atoms with Crippen LogP contribution in [0.1, 0.15) is 32.6 Å². The maximum atomic E-state index is 11.8. The second-order valence-corrected chi connectivity index (χ2v) is 5.72. The van der Waals surface area contributed by atoms with E-state index in [1.165, 1.54) is 0 Å². The number of aliphatic hydroxyl groups excluding tert-OH is 1. The molecule has 84 valence electrons. The van der Waals surface area contributed by atoms with Crippen LogP contribution in [0.25, 0.3) is 0 Å². The lowest BCUT2D eigenvalue weighted by Crippen LogP contribution is -2.34. The van der Waals surface area contributed by atoms with E-state index >= 15 is 0 Å². The van der Waals surface area contributed by atoms with Crippen molar-refractivity contribution >= 4 is 10.0 Å². The molecule has 0 aromatic rings. The molecule has 5 heteroatoms. The summed E-state index contributed by atoms with van der Waals surface area (Å²) in [4.78, 5) is 0. The molecule has 0 bridgehead atoms. The summed E-state index contributed by atoms with van der Waals surface area (Å²) in [5.74, 6) is 0.178. The molecule has 0 heterocycles. The van der Waals surface area contributed by atoms with Gasteiger partial charge in [-0.1, -0.05) is 6.92 Å². The fraction of sp³-hybridized carbons (Fsp3) is 1.00. The number of hydrogen-bond acceptors (Lipinski definition) is 3. The Balaban J connectivity index is 2.44. The minimum Gasteiger partial charge on any atom is -0.396 e. The quantitative estimate of drug-likeness (QED) is 0.640. The third kappa shape index (κ3) is 3.22. The molecule has 0 aromatic heterocycles. The molecule has 0 radical (unpaired) electrons. The van der Waals surface area contributed by atoms with Crippen molar-refractivity contribution in [3.8, 4) is 0 Å². The third-order valence-corrected chi connectivity index (χ3v) is 4.51. The van der Waals surface area contributed by atoms with Crippen LogP contribution in [0.5, 0.6) is 0 Å². The van der Waals surface area contributed by atoms with Crippen molar-refractivity contribution in [1.29, 1.82) is 0 Å². The highest BCUT2D eigenvalue weighted by Gasteiger charge is 2.35. The molecule has 4 nitrogen and oxygen atoms in total. The fourth-order valence-electron chi connectivity index (χ4n) is 1.56. The van der Waals surface area contributed by atoms with Gasteiger partial charge in [-0.2, -0.15) is 4.31 Å². The summed E-state index contributed by atoms with van der Waals surface area (Å²) in [5.41, 5.74) is 0. The van der Waals surface area contributed by atoms with Crippen molar-refractivity contribution in [3.63, 3.8) is 0 Å². The number of sulfonamides is 1. The van der Waals surface area contributed by atoms with E-state index in [1.54, 1.807) is 4.31 Å². The van der Waals surface area contributed by atoms with Crippen molar-refractivity contribution in [2.75, 3.05) is 18.9 Å². The second-order valence-electron chi connectivity index (χ2n) is 3.68. The topological polar surface area (TPSA) is 57.6 Å². The Morgan fingerprint density at radius 3 is 2.43 bits per heavy atom. The molecule has 1 aliphatic carbocycles. The van der Waals surface area contributed by atoms with Gasteiger partial charge in [0.15, 0.2) is 0 Å². The lowest BCUT2D eigenvalue weighted by molar-refractivity contribution is 0.286. The van der Waals surface area contributed by atoms with Gasteiger partial charge in [0, 0.05) is 19.2 Å². The molecule has 0 aliphatic heterocycles. The molecule has 0 aromatic carbocycles. The first-order chi connectivity index (χ1) is 6.61. The normalized spacial score (nSPS) is 17.6. The molecule has 1 rings (SSSR count). The van der Waals surface area contributed by atoms with Crippen molar-refractivity contribution in [2.45, 2.75) is 38.6 Å². The molecule has 0 saturated heterocycles. The average Bonchev–Trinajstić information content (AvgIpc) is 2.89. The molecule has 0 spiro atoms. The molecule has 0 atom stereocenters. The highest BCUT2D eigenvalue weighted by Crippen LogP contribution is 2.29. The van der Waals surface area contributed by atoms with Crippen molar-refractivity contribution in [2.24, 2.45) is 0 Å². The van der Waals surface area contributed by atoms with Crippen LogP contribution in [0.2, 0.25) is 0 Å².